The van der Waals surface area contributed by atoms with E-state index in [9.17, 15) is 9.59 Å². The van der Waals surface area contributed by atoms with Gasteiger partial charge in [-0.2, -0.15) is 0 Å². The maximum atomic E-state index is 11.5. The predicted octanol–water partition coefficient (Wildman–Crippen LogP) is 6.29. The fourth-order valence-electron chi connectivity index (χ4n) is 5.82. The summed E-state index contributed by atoms with van der Waals surface area (Å²) in [5, 5.41) is 3.69. The summed E-state index contributed by atoms with van der Waals surface area (Å²) in [5.41, 5.74) is 3.50. The zero-order chi connectivity index (χ0) is 29.5. The molecule has 2 aromatic carbocycles. The molecule has 1 aromatic heterocycles. The average Bonchev–Trinajstić information content (AvgIpc) is 3.33. The monoisotopic (exact) mass is 567 g/mol. The second-order valence-corrected chi connectivity index (χ2v) is 10.7. The first kappa shape index (κ1) is 29.3. The number of rotatable bonds is 14. The summed E-state index contributed by atoms with van der Waals surface area (Å²) < 4.78 is 24.7. The molecular formula is C35H37NO6. The molecule has 5 rings (SSSR count). The van der Waals surface area contributed by atoms with E-state index in [4.69, 9.17) is 18.9 Å². The van der Waals surface area contributed by atoms with E-state index < -0.39 is 11.9 Å². The van der Waals surface area contributed by atoms with E-state index in [-0.39, 0.29) is 37.3 Å². The fraction of sp³-hybridized carbons (Fsp3) is 0.314. The molecule has 3 atom stereocenters. The number of carbonyl (C=O) groups excluding carboxylic acids is 2. The fourth-order valence-corrected chi connectivity index (χ4v) is 5.82. The molecule has 3 unspecified atom stereocenters. The molecule has 0 fully saturated rings. The van der Waals surface area contributed by atoms with Crippen molar-refractivity contribution in [2.45, 2.75) is 31.9 Å². The summed E-state index contributed by atoms with van der Waals surface area (Å²) in [7, 11) is 0. The molecule has 7 nitrogen and oxygen atoms in total. The number of ether oxygens (including phenoxy) is 4. The minimum Gasteiger partial charge on any atom is -0.462 e. The van der Waals surface area contributed by atoms with Crippen LogP contribution in [0.2, 0.25) is 0 Å². The SMILES string of the molecule is C=CC(=O)OCCCOCC(Cn1c2c(c3c4ccccc4ccc31)C1C=CC=CC1(C)C=C2)OCCOC(=O)C=C. The maximum Gasteiger partial charge on any atom is 0.330 e. The molecule has 2 aliphatic rings. The Morgan fingerprint density at radius 1 is 0.976 bits per heavy atom. The number of fused-ring (bicyclic) bond motifs is 7. The molecule has 0 bridgehead atoms. The highest BCUT2D eigenvalue weighted by Gasteiger charge is 2.38. The lowest BCUT2D eigenvalue weighted by molar-refractivity contribution is -0.140. The molecule has 7 heteroatoms. The standard InChI is InChI=1S/C35H37NO6/c1-4-31(37)41-20-10-19-39-24-26(40-21-22-42-32(38)5-2)23-36-29-15-14-25-11-6-7-12-27(25)33(29)34-28-13-8-9-17-35(28,3)18-16-30(34)36/h4-9,11-18,26,28H,1-2,10,19-24H2,3H3. The number of hydrogen-bond acceptors (Lipinski definition) is 6. The Balaban J connectivity index is 1.44. The Morgan fingerprint density at radius 3 is 2.57 bits per heavy atom. The largest absolute Gasteiger partial charge is 0.462 e. The van der Waals surface area contributed by atoms with Gasteiger partial charge in [0.1, 0.15) is 6.61 Å². The Hall–Kier alpha value is -4.20. The third kappa shape index (κ3) is 6.17. The van der Waals surface area contributed by atoms with Crippen molar-refractivity contribution < 1.29 is 28.5 Å². The third-order valence-electron chi connectivity index (χ3n) is 7.87. The van der Waals surface area contributed by atoms with Gasteiger partial charge in [0.25, 0.3) is 0 Å². The summed E-state index contributed by atoms with van der Waals surface area (Å²) in [4.78, 5) is 22.8. The van der Waals surface area contributed by atoms with Crippen LogP contribution < -0.4 is 0 Å². The van der Waals surface area contributed by atoms with Crippen LogP contribution in [0, 0.1) is 5.41 Å². The van der Waals surface area contributed by atoms with Crippen LogP contribution in [0.5, 0.6) is 0 Å². The van der Waals surface area contributed by atoms with Crippen molar-refractivity contribution in [2.24, 2.45) is 5.41 Å². The molecule has 0 spiro atoms. The predicted molar refractivity (Wildman–Crippen MR) is 165 cm³/mol. The number of hydrogen-bond donors (Lipinski definition) is 0. The number of allylic oxidation sites excluding steroid dienone is 5. The third-order valence-corrected chi connectivity index (χ3v) is 7.87. The van der Waals surface area contributed by atoms with Crippen LogP contribution in [-0.2, 0) is 35.1 Å². The highest BCUT2D eigenvalue weighted by atomic mass is 16.6. The van der Waals surface area contributed by atoms with Crippen molar-refractivity contribution in [3.63, 3.8) is 0 Å². The topological polar surface area (TPSA) is 76.0 Å². The van der Waals surface area contributed by atoms with Gasteiger partial charge in [0, 0.05) is 53.1 Å². The summed E-state index contributed by atoms with van der Waals surface area (Å²) in [5.74, 6) is -0.737. The van der Waals surface area contributed by atoms with E-state index in [1.54, 1.807) is 0 Å². The van der Waals surface area contributed by atoms with Crippen molar-refractivity contribution in [3.8, 4) is 0 Å². The maximum absolute atomic E-state index is 11.5. The van der Waals surface area contributed by atoms with E-state index in [1.807, 2.05) is 0 Å². The molecule has 1 heterocycles. The second-order valence-electron chi connectivity index (χ2n) is 10.7. The first-order valence-corrected chi connectivity index (χ1v) is 14.3. The van der Waals surface area contributed by atoms with Crippen LogP contribution in [-0.4, -0.2) is 55.6 Å². The molecular weight excluding hydrogens is 530 g/mol. The van der Waals surface area contributed by atoms with Crippen LogP contribution in [0.3, 0.4) is 0 Å². The highest BCUT2D eigenvalue weighted by Crippen LogP contribution is 2.51. The van der Waals surface area contributed by atoms with E-state index in [0.717, 1.165) is 23.4 Å². The molecule has 0 amide bonds. The van der Waals surface area contributed by atoms with Crippen molar-refractivity contribution in [3.05, 3.63) is 103 Å². The molecule has 0 radical (unpaired) electrons. The van der Waals surface area contributed by atoms with Crippen molar-refractivity contribution >= 4 is 39.7 Å². The van der Waals surface area contributed by atoms with Crippen LogP contribution in [0.25, 0.3) is 27.8 Å². The van der Waals surface area contributed by atoms with Gasteiger partial charge in [0.05, 0.1) is 32.5 Å². The molecule has 0 saturated carbocycles. The van der Waals surface area contributed by atoms with Gasteiger partial charge in [-0.05, 0) is 28.5 Å². The van der Waals surface area contributed by atoms with Gasteiger partial charge in [-0.25, -0.2) is 9.59 Å². The number of benzene rings is 2. The van der Waals surface area contributed by atoms with E-state index in [0.29, 0.717) is 26.2 Å². The number of nitrogens with zero attached hydrogens (tertiary/aromatic N) is 1. The molecule has 0 saturated heterocycles. The molecule has 0 aliphatic heterocycles. The zero-order valence-electron chi connectivity index (χ0n) is 24.0. The van der Waals surface area contributed by atoms with Crippen molar-refractivity contribution in [1.29, 1.82) is 0 Å². The van der Waals surface area contributed by atoms with Crippen LogP contribution in [0.15, 0.2) is 92.1 Å². The van der Waals surface area contributed by atoms with E-state index >= 15 is 0 Å². The summed E-state index contributed by atoms with van der Waals surface area (Å²) >= 11 is 0. The van der Waals surface area contributed by atoms with Gasteiger partial charge < -0.3 is 23.5 Å². The van der Waals surface area contributed by atoms with Gasteiger partial charge in [-0.3, -0.25) is 0 Å². The number of carbonyl (C=O) groups is 2. The van der Waals surface area contributed by atoms with Crippen LogP contribution in [0.1, 0.15) is 30.5 Å². The van der Waals surface area contributed by atoms with Gasteiger partial charge >= 0.3 is 11.9 Å². The van der Waals surface area contributed by atoms with Crippen molar-refractivity contribution in [1.82, 2.24) is 4.57 Å². The van der Waals surface area contributed by atoms with E-state index in [1.165, 1.54) is 21.7 Å². The summed E-state index contributed by atoms with van der Waals surface area (Å²) in [6.07, 6.45) is 15.9. The van der Waals surface area contributed by atoms with Gasteiger partial charge in [-0.1, -0.05) is 80.8 Å². The lowest BCUT2D eigenvalue weighted by atomic mass is 9.67. The molecule has 0 N–H and O–H groups in total. The normalized spacial score (nSPS) is 19.3. The smallest absolute Gasteiger partial charge is 0.330 e. The quantitative estimate of drug-likeness (QED) is 0.130. The minimum absolute atomic E-state index is 0.110. The summed E-state index contributed by atoms with van der Waals surface area (Å²) in [6.45, 7) is 11.0. The average molecular weight is 568 g/mol. The molecule has 42 heavy (non-hydrogen) atoms. The first-order chi connectivity index (χ1) is 20.4. The lowest BCUT2D eigenvalue weighted by Crippen LogP contribution is -2.29. The number of esters is 2. The Labute approximate surface area is 246 Å². The zero-order valence-corrected chi connectivity index (χ0v) is 24.0. The van der Waals surface area contributed by atoms with Crippen LogP contribution >= 0.6 is 0 Å². The Bertz CT molecular complexity index is 1580. The molecule has 2 aliphatic carbocycles. The summed E-state index contributed by atoms with van der Waals surface area (Å²) in [6, 6.07) is 12.9. The number of aromatic nitrogens is 1. The Kier molecular flexibility index (Phi) is 9.20. The van der Waals surface area contributed by atoms with Gasteiger partial charge in [-0.15, -0.1) is 0 Å². The highest BCUT2D eigenvalue weighted by molar-refractivity contribution is 6.10. The Morgan fingerprint density at radius 2 is 1.76 bits per heavy atom. The van der Waals surface area contributed by atoms with E-state index in [2.05, 4.69) is 97.5 Å². The second kappa shape index (κ2) is 13.2. The molecule has 218 valence electrons. The van der Waals surface area contributed by atoms with Crippen LogP contribution in [0.4, 0.5) is 0 Å². The van der Waals surface area contributed by atoms with Crippen molar-refractivity contribution in [2.75, 3.05) is 33.0 Å². The van der Waals surface area contributed by atoms with Gasteiger partial charge in [0.2, 0.25) is 0 Å². The van der Waals surface area contributed by atoms with Gasteiger partial charge in [0.15, 0.2) is 0 Å². The minimum atomic E-state index is -0.486. The molecule has 3 aromatic rings. The first-order valence-electron chi connectivity index (χ1n) is 14.3. The lowest BCUT2D eigenvalue weighted by Gasteiger charge is -2.36.